The van der Waals surface area contributed by atoms with Crippen molar-refractivity contribution in [3.05, 3.63) is 35.9 Å². The van der Waals surface area contributed by atoms with E-state index < -0.39 is 0 Å². The van der Waals surface area contributed by atoms with Crippen LogP contribution >= 0.6 is 23.1 Å². The van der Waals surface area contributed by atoms with Crippen LogP contribution in [0, 0.1) is 0 Å². The molecule has 2 aromatic rings. The van der Waals surface area contributed by atoms with Crippen molar-refractivity contribution < 1.29 is 9.53 Å². The maximum absolute atomic E-state index is 12.6. The molecule has 0 aliphatic rings. The van der Waals surface area contributed by atoms with Crippen molar-refractivity contribution in [1.29, 1.82) is 0 Å². The summed E-state index contributed by atoms with van der Waals surface area (Å²) in [7, 11) is 0. The molecule has 1 heterocycles. The van der Waals surface area contributed by atoms with E-state index in [1.54, 1.807) is 0 Å². The standard InChI is InChI=1S/C18H25N3O2S2/c1-5-9-15(14-10-7-6-8-11-14)19-16(22)13(4)24-18-21-20-17(25-18)23-12(2)3/h6-8,10-13,15H,5,9H2,1-4H3,(H,19,22). The van der Waals surface area contributed by atoms with E-state index >= 15 is 0 Å². The van der Waals surface area contributed by atoms with Crippen molar-refractivity contribution in [2.45, 2.75) is 62.3 Å². The second-order valence-corrected chi connectivity index (χ2v) is 8.55. The van der Waals surface area contributed by atoms with E-state index in [1.807, 2.05) is 39.0 Å². The molecule has 136 valence electrons. The first kappa shape index (κ1) is 19.7. The number of rotatable bonds is 9. The number of ether oxygens (including phenoxy) is 1. The van der Waals surface area contributed by atoms with E-state index in [0.29, 0.717) is 5.19 Å². The Balaban J connectivity index is 1.95. The molecule has 0 radical (unpaired) electrons. The topological polar surface area (TPSA) is 64.1 Å². The van der Waals surface area contributed by atoms with Gasteiger partial charge in [0.1, 0.15) is 0 Å². The monoisotopic (exact) mass is 379 g/mol. The Morgan fingerprint density at radius 2 is 1.96 bits per heavy atom. The van der Waals surface area contributed by atoms with Crippen LogP contribution in [0.25, 0.3) is 0 Å². The van der Waals surface area contributed by atoms with Gasteiger partial charge in [-0.2, -0.15) is 0 Å². The molecule has 1 amide bonds. The molecular formula is C18H25N3O2S2. The quantitative estimate of drug-likeness (QED) is 0.652. The van der Waals surface area contributed by atoms with E-state index in [2.05, 4.69) is 34.6 Å². The molecular weight excluding hydrogens is 354 g/mol. The lowest BCUT2D eigenvalue weighted by Gasteiger charge is -2.20. The summed E-state index contributed by atoms with van der Waals surface area (Å²) in [6.45, 7) is 7.90. The van der Waals surface area contributed by atoms with Crippen molar-refractivity contribution >= 4 is 29.0 Å². The smallest absolute Gasteiger partial charge is 0.295 e. The predicted octanol–water partition coefficient (Wildman–Crippen LogP) is 4.46. The highest BCUT2D eigenvalue weighted by Crippen LogP contribution is 2.31. The zero-order valence-corrected chi connectivity index (χ0v) is 16.7. The number of carbonyl (C=O) groups is 1. The Morgan fingerprint density at radius 1 is 1.24 bits per heavy atom. The molecule has 1 N–H and O–H groups in total. The minimum absolute atomic E-state index is 0.00818. The van der Waals surface area contributed by atoms with E-state index in [1.165, 1.54) is 23.1 Å². The number of hydrogen-bond donors (Lipinski definition) is 1. The van der Waals surface area contributed by atoms with Crippen LogP contribution in [-0.2, 0) is 4.79 Å². The minimum atomic E-state index is -0.247. The zero-order valence-electron chi connectivity index (χ0n) is 15.1. The molecule has 0 saturated carbocycles. The molecule has 0 saturated heterocycles. The minimum Gasteiger partial charge on any atom is -0.466 e. The summed E-state index contributed by atoms with van der Waals surface area (Å²) in [5, 5.41) is 11.5. The average molecular weight is 380 g/mol. The summed E-state index contributed by atoms with van der Waals surface area (Å²) in [5.41, 5.74) is 1.14. The summed E-state index contributed by atoms with van der Waals surface area (Å²) in [6, 6.07) is 10.1. The van der Waals surface area contributed by atoms with Crippen LogP contribution < -0.4 is 10.1 Å². The van der Waals surface area contributed by atoms with Gasteiger partial charge in [0.15, 0.2) is 4.34 Å². The molecule has 5 nitrogen and oxygen atoms in total. The van der Waals surface area contributed by atoms with Crippen molar-refractivity contribution in [3.63, 3.8) is 0 Å². The lowest BCUT2D eigenvalue weighted by molar-refractivity contribution is -0.121. The Hall–Kier alpha value is -1.60. The van der Waals surface area contributed by atoms with Gasteiger partial charge in [0.25, 0.3) is 5.19 Å². The van der Waals surface area contributed by atoms with E-state index in [0.717, 1.165) is 22.7 Å². The highest BCUT2D eigenvalue weighted by atomic mass is 32.2. The lowest BCUT2D eigenvalue weighted by atomic mass is 10.0. The first-order chi connectivity index (χ1) is 12.0. The maximum atomic E-state index is 12.6. The van der Waals surface area contributed by atoms with Gasteiger partial charge < -0.3 is 10.1 Å². The van der Waals surface area contributed by atoms with Gasteiger partial charge in [-0.15, -0.1) is 5.10 Å². The van der Waals surface area contributed by atoms with Crippen LogP contribution in [0.2, 0.25) is 0 Å². The number of amides is 1. The number of aromatic nitrogens is 2. The van der Waals surface area contributed by atoms with Crippen LogP contribution in [-0.4, -0.2) is 27.5 Å². The van der Waals surface area contributed by atoms with E-state index in [-0.39, 0.29) is 23.3 Å². The van der Waals surface area contributed by atoms with Gasteiger partial charge in [-0.25, -0.2) is 0 Å². The molecule has 0 fully saturated rings. The Kier molecular flexibility index (Phi) is 7.71. The first-order valence-corrected chi connectivity index (χ1v) is 10.2. The fourth-order valence-corrected chi connectivity index (χ4v) is 4.24. The summed E-state index contributed by atoms with van der Waals surface area (Å²) >= 11 is 2.78. The lowest BCUT2D eigenvalue weighted by Crippen LogP contribution is -2.34. The highest BCUT2D eigenvalue weighted by molar-refractivity contribution is 8.02. The molecule has 1 aromatic heterocycles. The van der Waals surface area contributed by atoms with Crippen molar-refractivity contribution in [2.75, 3.05) is 0 Å². The second kappa shape index (κ2) is 9.77. The Morgan fingerprint density at radius 3 is 2.60 bits per heavy atom. The van der Waals surface area contributed by atoms with Crippen LogP contribution in [0.1, 0.15) is 52.1 Å². The SMILES string of the molecule is CCCC(NC(=O)C(C)Sc1nnc(OC(C)C)s1)c1ccccc1. The fourth-order valence-electron chi connectivity index (χ4n) is 2.28. The van der Waals surface area contributed by atoms with Crippen molar-refractivity contribution in [1.82, 2.24) is 15.5 Å². The number of hydrogen-bond acceptors (Lipinski definition) is 6. The number of carbonyl (C=O) groups excluding carboxylic acids is 1. The van der Waals surface area contributed by atoms with Crippen LogP contribution in [0.3, 0.4) is 0 Å². The molecule has 0 aliphatic carbocycles. The van der Waals surface area contributed by atoms with Gasteiger partial charge in [0, 0.05) is 0 Å². The molecule has 0 bridgehead atoms. The van der Waals surface area contributed by atoms with Gasteiger partial charge in [0.2, 0.25) is 5.91 Å². The number of nitrogens with one attached hydrogen (secondary N) is 1. The third kappa shape index (κ3) is 6.32. The first-order valence-electron chi connectivity index (χ1n) is 8.51. The van der Waals surface area contributed by atoms with Gasteiger partial charge in [0.05, 0.1) is 17.4 Å². The van der Waals surface area contributed by atoms with Crippen LogP contribution in [0.15, 0.2) is 34.7 Å². The van der Waals surface area contributed by atoms with Crippen molar-refractivity contribution in [2.24, 2.45) is 0 Å². The molecule has 25 heavy (non-hydrogen) atoms. The third-order valence-electron chi connectivity index (χ3n) is 3.47. The van der Waals surface area contributed by atoms with Gasteiger partial charge in [-0.3, -0.25) is 4.79 Å². The molecule has 0 aliphatic heterocycles. The molecule has 1 aromatic carbocycles. The predicted molar refractivity (Wildman–Crippen MR) is 103 cm³/mol. The van der Waals surface area contributed by atoms with Gasteiger partial charge in [-0.1, -0.05) is 60.5 Å². The van der Waals surface area contributed by atoms with E-state index in [4.69, 9.17) is 4.74 Å². The Bertz CT molecular complexity index is 661. The number of thioether (sulfide) groups is 1. The largest absolute Gasteiger partial charge is 0.466 e. The van der Waals surface area contributed by atoms with Gasteiger partial charge >= 0.3 is 0 Å². The zero-order chi connectivity index (χ0) is 18.2. The Labute approximate surface area is 157 Å². The average Bonchev–Trinajstić information content (AvgIpc) is 3.01. The summed E-state index contributed by atoms with van der Waals surface area (Å²) in [5.74, 6) is 0.00818. The van der Waals surface area contributed by atoms with E-state index in [9.17, 15) is 4.79 Å². The maximum Gasteiger partial charge on any atom is 0.295 e. The summed E-state index contributed by atoms with van der Waals surface area (Å²) in [4.78, 5) is 12.6. The number of benzene rings is 1. The van der Waals surface area contributed by atoms with Crippen molar-refractivity contribution in [3.8, 4) is 5.19 Å². The normalized spacial score (nSPS) is 13.5. The molecule has 2 unspecified atom stereocenters. The summed E-state index contributed by atoms with van der Waals surface area (Å²) < 4.78 is 6.26. The fraction of sp³-hybridized carbons (Fsp3) is 0.500. The van der Waals surface area contributed by atoms with Crippen LogP contribution in [0.5, 0.6) is 5.19 Å². The molecule has 2 rings (SSSR count). The highest BCUT2D eigenvalue weighted by Gasteiger charge is 2.21. The molecule has 7 heteroatoms. The van der Waals surface area contributed by atoms with Gasteiger partial charge in [-0.05, 0) is 44.1 Å². The summed E-state index contributed by atoms with van der Waals surface area (Å²) in [6.07, 6.45) is 1.98. The molecule has 0 spiro atoms. The molecule has 2 atom stereocenters. The number of nitrogens with zero attached hydrogens (tertiary/aromatic N) is 2. The van der Waals surface area contributed by atoms with Crippen LogP contribution in [0.4, 0.5) is 0 Å². The second-order valence-electron chi connectivity index (χ2n) is 6.02. The third-order valence-corrected chi connectivity index (χ3v) is 5.47.